The number of hydrogen-bond donors (Lipinski definition) is 1. The molecule has 1 aromatic carbocycles. The highest BCUT2D eigenvalue weighted by molar-refractivity contribution is 6.42. The van der Waals surface area contributed by atoms with Gasteiger partial charge in [-0.1, -0.05) is 41.7 Å². The number of amides is 1. The van der Waals surface area contributed by atoms with Crippen LogP contribution in [0, 0.1) is 11.8 Å². The normalized spacial score (nSPS) is 20.4. The number of carbonyl (C=O) groups excluding carboxylic acids is 2. The van der Waals surface area contributed by atoms with E-state index in [9.17, 15) is 9.59 Å². The number of esters is 1. The van der Waals surface area contributed by atoms with Crippen molar-refractivity contribution in [1.82, 2.24) is 0 Å². The summed E-state index contributed by atoms with van der Waals surface area (Å²) in [4.78, 5) is 23.2. The largest absolute Gasteiger partial charge is 0.455 e. The first-order valence-corrected chi connectivity index (χ1v) is 7.13. The molecule has 0 unspecified atom stereocenters. The average Bonchev–Trinajstić information content (AvgIpc) is 3.08. The summed E-state index contributed by atoms with van der Waals surface area (Å²) >= 11 is 17.6. The van der Waals surface area contributed by atoms with Gasteiger partial charge in [-0.3, -0.25) is 9.59 Å². The zero-order valence-electron chi connectivity index (χ0n) is 10.6. The quantitative estimate of drug-likeness (QED) is 0.851. The van der Waals surface area contributed by atoms with E-state index in [1.165, 1.54) is 12.1 Å². The average molecular weight is 337 g/mol. The molecule has 1 amide bonds. The van der Waals surface area contributed by atoms with Crippen LogP contribution in [0.3, 0.4) is 0 Å². The maximum absolute atomic E-state index is 11.7. The Morgan fingerprint density at radius 3 is 2.35 bits per heavy atom. The molecule has 0 radical (unpaired) electrons. The number of halogens is 3. The van der Waals surface area contributed by atoms with Crippen molar-refractivity contribution in [3.63, 3.8) is 0 Å². The molecule has 0 saturated heterocycles. The summed E-state index contributed by atoms with van der Waals surface area (Å²) < 4.78 is 4.91. The molecule has 1 aliphatic carbocycles. The van der Waals surface area contributed by atoms with Gasteiger partial charge >= 0.3 is 5.97 Å². The lowest BCUT2D eigenvalue weighted by atomic mass is 10.3. The first-order valence-electron chi connectivity index (χ1n) is 5.99. The summed E-state index contributed by atoms with van der Waals surface area (Å²) in [5, 5.41) is 3.30. The number of hydrogen-bond acceptors (Lipinski definition) is 3. The minimum Gasteiger partial charge on any atom is -0.455 e. The molecule has 0 spiro atoms. The number of carbonyl (C=O) groups is 2. The summed E-state index contributed by atoms with van der Waals surface area (Å²) in [5.41, 5.74) is 0.249. The molecule has 1 N–H and O–H groups in total. The van der Waals surface area contributed by atoms with E-state index >= 15 is 0 Å². The molecule has 2 rings (SSSR count). The minimum absolute atomic E-state index is 0.0782. The standard InChI is InChI=1S/C13H12Cl3NO3/c1-6-2-8(6)13(19)20-5-11(18)17-12-9(15)3-7(14)4-10(12)16/h3-4,6,8H,2,5H2,1H3,(H,17,18)/t6-,8-/m1/s1. The van der Waals surface area contributed by atoms with Crippen LogP contribution in [0.15, 0.2) is 12.1 Å². The summed E-state index contributed by atoms with van der Waals surface area (Å²) in [7, 11) is 0. The predicted molar refractivity (Wildman–Crippen MR) is 78.3 cm³/mol. The van der Waals surface area contributed by atoms with Crippen molar-refractivity contribution in [3.8, 4) is 0 Å². The van der Waals surface area contributed by atoms with Gasteiger partial charge in [0.1, 0.15) is 0 Å². The van der Waals surface area contributed by atoms with E-state index in [0.29, 0.717) is 10.9 Å². The molecule has 0 aromatic heterocycles. The molecule has 2 atom stereocenters. The fourth-order valence-corrected chi connectivity index (χ4v) is 2.64. The molecule has 1 aromatic rings. The second-order valence-electron chi connectivity index (χ2n) is 4.72. The molecule has 7 heteroatoms. The Hall–Kier alpha value is -0.970. The highest BCUT2D eigenvalue weighted by atomic mass is 35.5. The van der Waals surface area contributed by atoms with Crippen LogP contribution < -0.4 is 5.32 Å². The van der Waals surface area contributed by atoms with Crippen molar-refractivity contribution in [2.24, 2.45) is 11.8 Å². The molecule has 0 bridgehead atoms. The van der Waals surface area contributed by atoms with Gasteiger partial charge in [0.05, 0.1) is 21.7 Å². The molecule has 1 aliphatic rings. The van der Waals surface area contributed by atoms with Crippen molar-refractivity contribution >= 4 is 52.4 Å². The van der Waals surface area contributed by atoms with Crippen LogP contribution in [-0.4, -0.2) is 18.5 Å². The number of rotatable bonds is 4. The van der Waals surface area contributed by atoms with Crippen LogP contribution >= 0.6 is 34.8 Å². The van der Waals surface area contributed by atoms with Gasteiger partial charge in [-0.25, -0.2) is 0 Å². The second-order valence-corrected chi connectivity index (χ2v) is 5.97. The Labute approximate surface area is 131 Å². The lowest BCUT2D eigenvalue weighted by Gasteiger charge is -2.10. The molecule has 20 heavy (non-hydrogen) atoms. The maximum atomic E-state index is 11.7. The van der Waals surface area contributed by atoms with Gasteiger partial charge in [0, 0.05) is 5.02 Å². The molecule has 0 heterocycles. The zero-order chi connectivity index (χ0) is 14.9. The Morgan fingerprint density at radius 2 is 1.85 bits per heavy atom. The summed E-state index contributed by atoms with van der Waals surface area (Å²) in [6, 6.07) is 2.92. The first-order chi connectivity index (χ1) is 9.38. The van der Waals surface area contributed by atoms with Gasteiger partial charge in [-0.05, 0) is 24.5 Å². The van der Waals surface area contributed by atoms with E-state index in [1.54, 1.807) is 0 Å². The van der Waals surface area contributed by atoms with Crippen molar-refractivity contribution in [3.05, 3.63) is 27.2 Å². The van der Waals surface area contributed by atoms with E-state index in [2.05, 4.69) is 5.32 Å². The Balaban J connectivity index is 1.90. The third-order valence-corrected chi connectivity index (χ3v) is 3.84. The van der Waals surface area contributed by atoms with E-state index < -0.39 is 5.91 Å². The van der Waals surface area contributed by atoms with E-state index in [-0.39, 0.29) is 34.2 Å². The zero-order valence-corrected chi connectivity index (χ0v) is 12.9. The number of ether oxygens (including phenoxy) is 1. The van der Waals surface area contributed by atoms with Crippen LogP contribution in [0.4, 0.5) is 5.69 Å². The Morgan fingerprint density at radius 1 is 1.30 bits per heavy atom. The number of benzene rings is 1. The number of nitrogens with one attached hydrogen (secondary N) is 1. The lowest BCUT2D eigenvalue weighted by Crippen LogP contribution is -2.22. The molecular weight excluding hydrogens is 325 g/mol. The molecule has 1 saturated carbocycles. The van der Waals surface area contributed by atoms with Gasteiger partial charge in [0.15, 0.2) is 6.61 Å². The second kappa shape index (κ2) is 6.20. The molecule has 1 fully saturated rings. The first kappa shape index (κ1) is 15.4. The van der Waals surface area contributed by atoms with Crippen LogP contribution in [0.2, 0.25) is 15.1 Å². The highest BCUT2D eigenvalue weighted by Crippen LogP contribution is 2.38. The van der Waals surface area contributed by atoms with Crippen LogP contribution in [0.1, 0.15) is 13.3 Å². The summed E-state index contributed by atoms with van der Waals surface area (Å²) in [6.45, 7) is 1.59. The minimum atomic E-state index is -0.502. The third-order valence-electron chi connectivity index (χ3n) is 3.03. The predicted octanol–water partition coefficient (Wildman–Crippen LogP) is 3.78. The molecule has 4 nitrogen and oxygen atoms in total. The number of anilines is 1. The fraction of sp³-hybridized carbons (Fsp3) is 0.385. The summed E-state index contributed by atoms with van der Waals surface area (Å²) in [6.07, 6.45) is 0.815. The van der Waals surface area contributed by atoms with Gasteiger partial charge in [0.2, 0.25) is 0 Å². The molecular formula is C13H12Cl3NO3. The Kier molecular flexibility index (Phi) is 4.78. The highest BCUT2D eigenvalue weighted by Gasteiger charge is 2.40. The van der Waals surface area contributed by atoms with Crippen molar-refractivity contribution < 1.29 is 14.3 Å². The van der Waals surface area contributed by atoms with Crippen LogP contribution in [0.25, 0.3) is 0 Å². The maximum Gasteiger partial charge on any atom is 0.309 e. The van der Waals surface area contributed by atoms with Crippen molar-refractivity contribution in [2.75, 3.05) is 11.9 Å². The topological polar surface area (TPSA) is 55.4 Å². The van der Waals surface area contributed by atoms with Crippen LogP contribution in [-0.2, 0) is 14.3 Å². The van der Waals surface area contributed by atoms with Gasteiger partial charge in [-0.15, -0.1) is 0 Å². The summed E-state index contributed by atoms with van der Waals surface area (Å²) in [5.74, 6) is -0.588. The Bertz CT molecular complexity index is 539. The van der Waals surface area contributed by atoms with E-state index in [0.717, 1.165) is 6.42 Å². The fourth-order valence-electron chi connectivity index (χ4n) is 1.73. The van der Waals surface area contributed by atoms with Crippen molar-refractivity contribution in [2.45, 2.75) is 13.3 Å². The van der Waals surface area contributed by atoms with E-state index in [4.69, 9.17) is 39.5 Å². The lowest BCUT2D eigenvalue weighted by molar-refractivity contribution is -0.148. The SMILES string of the molecule is C[C@@H]1C[C@H]1C(=O)OCC(=O)Nc1c(Cl)cc(Cl)cc1Cl. The van der Waals surface area contributed by atoms with E-state index in [1.807, 2.05) is 6.92 Å². The third kappa shape index (κ3) is 3.78. The monoisotopic (exact) mass is 335 g/mol. The van der Waals surface area contributed by atoms with Crippen LogP contribution in [0.5, 0.6) is 0 Å². The molecule has 0 aliphatic heterocycles. The van der Waals surface area contributed by atoms with Gasteiger partial charge < -0.3 is 10.1 Å². The van der Waals surface area contributed by atoms with Crippen molar-refractivity contribution in [1.29, 1.82) is 0 Å². The van der Waals surface area contributed by atoms with Gasteiger partial charge in [0.25, 0.3) is 5.91 Å². The molecule has 108 valence electrons. The smallest absolute Gasteiger partial charge is 0.309 e. The van der Waals surface area contributed by atoms with Gasteiger partial charge in [-0.2, -0.15) is 0 Å².